The fourth-order valence-electron chi connectivity index (χ4n) is 3.09. The molecule has 1 saturated carbocycles. The number of rotatable bonds is 6. The van der Waals surface area contributed by atoms with E-state index in [1.165, 1.54) is 6.42 Å². The van der Waals surface area contributed by atoms with E-state index in [9.17, 15) is 4.79 Å². The summed E-state index contributed by atoms with van der Waals surface area (Å²) in [5.74, 6) is 1.62. The Morgan fingerprint density at radius 1 is 1.20 bits per heavy atom. The van der Waals surface area contributed by atoms with Crippen molar-refractivity contribution in [3.63, 3.8) is 0 Å². The number of methoxy groups -OCH3 is 2. The van der Waals surface area contributed by atoms with Gasteiger partial charge in [-0.25, -0.2) is 4.79 Å². The summed E-state index contributed by atoms with van der Waals surface area (Å²) < 4.78 is 16.2. The third-order valence-electron chi connectivity index (χ3n) is 4.62. The van der Waals surface area contributed by atoms with E-state index in [4.69, 9.17) is 14.2 Å². The Labute approximate surface area is 147 Å². The van der Waals surface area contributed by atoms with Crippen LogP contribution in [0.3, 0.4) is 0 Å². The van der Waals surface area contributed by atoms with E-state index in [1.807, 2.05) is 6.07 Å². The van der Waals surface area contributed by atoms with Crippen molar-refractivity contribution in [1.29, 1.82) is 0 Å². The van der Waals surface area contributed by atoms with Crippen molar-refractivity contribution in [3.8, 4) is 22.8 Å². The number of pyridine rings is 1. The quantitative estimate of drug-likeness (QED) is 0.737. The molecule has 1 fully saturated rings. The zero-order valence-electron chi connectivity index (χ0n) is 14.9. The number of benzene rings is 1. The molecule has 1 aromatic carbocycles. The van der Waals surface area contributed by atoms with Gasteiger partial charge in [0.15, 0.2) is 11.5 Å². The molecule has 0 N–H and O–H groups in total. The van der Waals surface area contributed by atoms with Gasteiger partial charge in [0.2, 0.25) is 0 Å². The molecular weight excluding hydrogens is 318 g/mol. The number of carbonyl (C=O) groups is 1. The van der Waals surface area contributed by atoms with Crippen LogP contribution in [0.5, 0.6) is 11.5 Å². The van der Waals surface area contributed by atoms with Crippen LogP contribution >= 0.6 is 0 Å². The van der Waals surface area contributed by atoms with Gasteiger partial charge in [0.05, 0.1) is 32.1 Å². The molecule has 25 heavy (non-hydrogen) atoms. The minimum absolute atomic E-state index is 0.342. The normalized spacial score (nSPS) is 13.9. The average molecular weight is 341 g/mol. The van der Waals surface area contributed by atoms with Crippen LogP contribution in [0.4, 0.5) is 0 Å². The van der Waals surface area contributed by atoms with Crippen molar-refractivity contribution in [2.24, 2.45) is 0 Å². The minimum Gasteiger partial charge on any atom is -0.493 e. The second kappa shape index (κ2) is 7.55. The molecule has 0 aliphatic heterocycles. The Morgan fingerprint density at radius 2 is 2.00 bits per heavy atom. The summed E-state index contributed by atoms with van der Waals surface area (Å²) in [4.78, 5) is 16.4. The second-order valence-electron chi connectivity index (χ2n) is 6.08. The summed E-state index contributed by atoms with van der Waals surface area (Å²) in [6.07, 6.45) is 5.16. The molecule has 5 heteroatoms. The van der Waals surface area contributed by atoms with Gasteiger partial charge >= 0.3 is 5.97 Å². The van der Waals surface area contributed by atoms with E-state index >= 15 is 0 Å². The third-order valence-corrected chi connectivity index (χ3v) is 4.62. The van der Waals surface area contributed by atoms with Gasteiger partial charge in [0.1, 0.15) is 0 Å². The highest BCUT2D eigenvalue weighted by molar-refractivity contribution is 5.90. The van der Waals surface area contributed by atoms with E-state index in [1.54, 1.807) is 39.5 Å². The molecule has 1 heterocycles. The Balaban J connectivity index is 2.05. The van der Waals surface area contributed by atoms with Gasteiger partial charge < -0.3 is 14.2 Å². The van der Waals surface area contributed by atoms with Crippen molar-refractivity contribution in [2.75, 3.05) is 20.8 Å². The van der Waals surface area contributed by atoms with E-state index in [2.05, 4.69) is 11.1 Å². The standard InChI is InChI=1S/C20H23NO4/c1-4-25-20(22)14-8-9-21-17(11-14)15-10-16(13-6-5-7-13)19(24-3)18(12-15)23-2/h8-13H,4-7H2,1-3H3. The number of nitrogens with zero attached hydrogens (tertiary/aromatic N) is 1. The lowest BCUT2D eigenvalue weighted by atomic mass is 9.79. The highest BCUT2D eigenvalue weighted by Crippen LogP contribution is 2.46. The Bertz CT molecular complexity index is 768. The maximum Gasteiger partial charge on any atom is 0.338 e. The average Bonchev–Trinajstić information content (AvgIpc) is 2.60. The van der Waals surface area contributed by atoms with E-state index in [0.29, 0.717) is 29.5 Å². The zero-order chi connectivity index (χ0) is 17.8. The minimum atomic E-state index is -0.342. The molecule has 1 aromatic heterocycles. The Morgan fingerprint density at radius 3 is 2.60 bits per heavy atom. The highest BCUT2D eigenvalue weighted by atomic mass is 16.5. The van der Waals surface area contributed by atoms with Gasteiger partial charge in [-0.2, -0.15) is 0 Å². The molecule has 0 atom stereocenters. The molecular formula is C20H23NO4. The molecule has 3 rings (SSSR count). The summed E-state index contributed by atoms with van der Waals surface area (Å²) in [6, 6.07) is 7.42. The summed E-state index contributed by atoms with van der Waals surface area (Å²) in [6.45, 7) is 2.14. The number of carbonyl (C=O) groups excluding carboxylic acids is 1. The first-order valence-electron chi connectivity index (χ1n) is 8.57. The first-order valence-corrected chi connectivity index (χ1v) is 8.57. The van der Waals surface area contributed by atoms with Gasteiger partial charge in [0.25, 0.3) is 0 Å². The Hall–Kier alpha value is -2.56. The van der Waals surface area contributed by atoms with Crippen LogP contribution < -0.4 is 9.47 Å². The number of esters is 1. The molecule has 2 aromatic rings. The van der Waals surface area contributed by atoms with Gasteiger partial charge in [-0.3, -0.25) is 4.98 Å². The molecule has 0 unspecified atom stereocenters. The molecule has 0 amide bonds. The first-order chi connectivity index (χ1) is 12.2. The van der Waals surface area contributed by atoms with E-state index in [-0.39, 0.29) is 5.97 Å². The van der Waals surface area contributed by atoms with Crippen LogP contribution in [0, 0.1) is 0 Å². The fraction of sp³-hybridized carbons (Fsp3) is 0.400. The monoisotopic (exact) mass is 341 g/mol. The van der Waals surface area contributed by atoms with Crippen LogP contribution in [0.25, 0.3) is 11.3 Å². The molecule has 0 spiro atoms. The van der Waals surface area contributed by atoms with Crippen LogP contribution in [0.15, 0.2) is 30.5 Å². The molecule has 132 valence electrons. The maximum atomic E-state index is 12.0. The molecule has 0 saturated heterocycles. The number of ether oxygens (including phenoxy) is 3. The van der Waals surface area contributed by atoms with E-state index < -0.39 is 0 Å². The molecule has 1 aliphatic rings. The summed E-state index contributed by atoms with van der Waals surface area (Å²) in [7, 11) is 3.30. The van der Waals surface area contributed by atoms with Gasteiger partial charge in [-0.15, -0.1) is 0 Å². The number of aromatic nitrogens is 1. The topological polar surface area (TPSA) is 57.7 Å². The van der Waals surface area contributed by atoms with Crippen LogP contribution in [-0.2, 0) is 4.74 Å². The summed E-state index contributed by atoms with van der Waals surface area (Å²) in [5, 5.41) is 0. The van der Waals surface area contributed by atoms with Crippen LogP contribution in [0.2, 0.25) is 0 Å². The lowest BCUT2D eigenvalue weighted by Crippen LogP contribution is -2.11. The van der Waals surface area contributed by atoms with Crippen molar-refractivity contribution in [1.82, 2.24) is 4.98 Å². The lowest BCUT2D eigenvalue weighted by Gasteiger charge is -2.28. The van der Waals surface area contributed by atoms with Crippen molar-refractivity contribution in [2.45, 2.75) is 32.1 Å². The number of hydrogen-bond donors (Lipinski definition) is 0. The van der Waals surface area contributed by atoms with Crippen LogP contribution in [-0.4, -0.2) is 31.8 Å². The number of hydrogen-bond acceptors (Lipinski definition) is 5. The fourth-order valence-corrected chi connectivity index (χ4v) is 3.09. The molecule has 1 aliphatic carbocycles. The predicted octanol–water partition coefficient (Wildman–Crippen LogP) is 4.21. The van der Waals surface area contributed by atoms with Gasteiger partial charge in [-0.05, 0) is 49.9 Å². The second-order valence-corrected chi connectivity index (χ2v) is 6.08. The van der Waals surface area contributed by atoms with E-state index in [0.717, 1.165) is 29.7 Å². The van der Waals surface area contributed by atoms with Crippen LogP contribution in [0.1, 0.15) is 48.0 Å². The largest absolute Gasteiger partial charge is 0.493 e. The molecule has 0 bridgehead atoms. The SMILES string of the molecule is CCOC(=O)c1ccnc(-c2cc(OC)c(OC)c(C3CCC3)c2)c1. The maximum absolute atomic E-state index is 12.0. The van der Waals surface area contributed by atoms with Crippen molar-refractivity contribution < 1.29 is 19.0 Å². The summed E-state index contributed by atoms with van der Waals surface area (Å²) in [5.41, 5.74) is 3.26. The third kappa shape index (κ3) is 3.45. The molecule has 5 nitrogen and oxygen atoms in total. The molecule has 0 radical (unpaired) electrons. The Kier molecular flexibility index (Phi) is 5.22. The zero-order valence-corrected chi connectivity index (χ0v) is 14.9. The predicted molar refractivity (Wildman–Crippen MR) is 95.3 cm³/mol. The van der Waals surface area contributed by atoms with Gasteiger partial charge in [-0.1, -0.05) is 6.42 Å². The van der Waals surface area contributed by atoms with Crippen molar-refractivity contribution in [3.05, 3.63) is 41.6 Å². The highest BCUT2D eigenvalue weighted by Gasteiger charge is 2.26. The lowest BCUT2D eigenvalue weighted by molar-refractivity contribution is 0.0526. The van der Waals surface area contributed by atoms with Crippen molar-refractivity contribution >= 4 is 5.97 Å². The van der Waals surface area contributed by atoms with Gasteiger partial charge in [0, 0.05) is 17.3 Å². The first kappa shape index (κ1) is 17.3. The summed E-state index contributed by atoms with van der Waals surface area (Å²) >= 11 is 0. The smallest absolute Gasteiger partial charge is 0.338 e.